The van der Waals surface area contributed by atoms with E-state index in [-0.39, 0.29) is 17.5 Å². The fourth-order valence-electron chi connectivity index (χ4n) is 2.66. The van der Waals surface area contributed by atoms with E-state index in [1.54, 1.807) is 20.8 Å². The topological polar surface area (TPSA) is 79.2 Å². The van der Waals surface area contributed by atoms with E-state index >= 15 is 0 Å². The van der Waals surface area contributed by atoms with Gasteiger partial charge in [-0.2, -0.15) is 0 Å². The highest BCUT2D eigenvalue weighted by Gasteiger charge is 2.30. The Morgan fingerprint density at radius 3 is 2.68 bits per heavy atom. The molecule has 22 heavy (non-hydrogen) atoms. The van der Waals surface area contributed by atoms with Crippen LogP contribution in [-0.2, 0) is 20.7 Å². The van der Waals surface area contributed by atoms with Gasteiger partial charge >= 0.3 is 5.97 Å². The van der Waals surface area contributed by atoms with Crippen molar-refractivity contribution in [2.45, 2.75) is 52.1 Å². The number of carbonyl (C=O) groups is 2. The minimum absolute atomic E-state index is 0.0545. The number of carbonyl (C=O) groups excluding carboxylic acids is 2. The van der Waals surface area contributed by atoms with Gasteiger partial charge in [0.15, 0.2) is 0 Å². The number of amides is 1. The maximum absolute atomic E-state index is 12.2. The fourth-order valence-corrected chi connectivity index (χ4v) is 2.66. The Morgan fingerprint density at radius 2 is 2.09 bits per heavy atom. The number of hydrogen-bond donors (Lipinski definition) is 2. The molecule has 1 amide bonds. The third-order valence-electron chi connectivity index (χ3n) is 3.57. The van der Waals surface area contributed by atoms with E-state index in [0.717, 1.165) is 16.8 Å². The normalized spacial score (nSPS) is 15.0. The summed E-state index contributed by atoms with van der Waals surface area (Å²) in [7, 11) is 0. The first-order valence-electron chi connectivity index (χ1n) is 7.46. The highest BCUT2D eigenvalue weighted by atomic mass is 16.6. The molecular formula is C17H22N2O3. The lowest BCUT2D eigenvalue weighted by atomic mass is 9.87. The van der Waals surface area contributed by atoms with Crippen LogP contribution in [0.1, 0.15) is 51.2 Å². The van der Waals surface area contributed by atoms with Crippen LogP contribution in [-0.4, -0.2) is 23.2 Å². The van der Waals surface area contributed by atoms with Gasteiger partial charge in [0.1, 0.15) is 11.3 Å². The Hall–Kier alpha value is -2.17. The summed E-state index contributed by atoms with van der Waals surface area (Å²) in [6.45, 7) is 7.26. The zero-order valence-corrected chi connectivity index (χ0v) is 13.4. The molecule has 0 fully saturated rings. The van der Waals surface area contributed by atoms with Crippen molar-refractivity contribution < 1.29 is 14.3 Å². The Kier molecular flexibility index (Phi) is 4.35. The van der Waals surface area contributed by atoms with Gasteiger partial charge in [-0.25, -0.2) is 4.79 Å². The van der Waals surface area contributed by atoms with Gasteiger partial charge in [-0.15, -0.1) is 0 Å². The molecule has 1 aliphatic heterocycles. The number of rotatable bonds is 4. The Bertz CT molecular complexity index is 629. The summed E-state index contributed by atoms with van der Waals surface area (Å²) >= 11 is 0. The van der Waals surface area contributed by atoms with E-state index in [4.69, 9.17) is 10.1 Å². The third kappa shape index (κ3) is 3.35. The van der Waals surface area contributed by atoms with E-state index in [9.17, 15) is 9.59 Å². The summed E-state index contributed by atoms with van der Waals surface area (Å²) in [4.78, 5) is 23.8. The van der Waals surface area contributed by atoms with Gasteiger partial charge in [0.25, 0.3) is 0 Å². The number of benzene rings is 1. The van der Waals surface area contributed by atoms with Gasteiger partial charge < -0.3 is 10.1 Å². The van der Waals surface area contributed by atoms with Crippen LogP contribution in [0.4, 0.5) is 5.69 Å². The maximum Gasteiger partial charge on any atom is 0.353 e. The average molecular weight is 302 g/mol. The van der Waals surface area contributed by atoms with E-state index in [1.165, 1.54) is 0 Å². The Morgan fingerprint density at radius 1 is 1.41 bits per heavy atom. The lowest BCUT2D eigenvalue weighted by Gasteiger charge is -2.23. The number of anilines is 1. The molecule has 1 atom stereocenters. The van der Waals surface area contributed by atoms with Crippen molar-refractivity contribution in [3.05, 3.63) is 29.3 Å². The largest absolute Gasteiger partial charge is 0.455 e. The second-order valence-electron chi connectivity index (χ2n) is 6.47. The Labute approximate surface area is 130 Å². The lowest BCUT2D eigenvalue weighted by Crippen LogP contribution is -2.31. The first-order chi connectivity index (χ1) is 10.2. The number of hydrogen-bond acceptors (Lipinski definition) is 4. The molecule has 1 aliphatic rings. The van der Waals surface area contributed by atoms with Crippen LogP contribution < -0.4 is 5.32 Å². The molecule has 2 rings (SSSR count). The van der Waals surface area contributed by atoms with E-state index in [1.807, 2.05) is 25.1 Å². The van der Waals surface area contributed by atoms with Crippen molar-refractivity contribution in [2.24, 2.45) is 0 Å². The molecule has 0 unspecified atom stereocenters. The van der Waals surface area contributed by atoms with Gasteiger partial charge in [-0.1, -0.05) is 19.1 Å². The van der Waals surface area contributed by atoms with Crippen molar-refractivity contribution in [3.8, 4) is 0 Å². The molecule has 0 saturated carbocycles. The molecule has 0 aliphatic carbocycles. The number of fused-ring (bicyclic) bond motifs is 1. The van der Waals surface area contributed by atoms with Crippen molar-refractivity contribution >= 4 is 23.3 Å². The van der Waals surface area contributed by atoms with Gasteiger partial charge in [0.05, 0.1) is 6.42 Å². The molecule has 0 spiro atoms. The molecule has 118 valence electrons. The van der Waals surface area contributed by atoms with Crippen LogP contribution in [0.2, 0.25) is 0 Å². The lowest BCUT2D eigenvalue weighted by molar-refractivity contribution is -0.146. The smallest absolute Gasteiger partial charge is 0.353 e. The van der Waals surface area contributed by atoms with Crippen molar-refractivity contribution in [1.82, 2.24) is 0 Å². The summed E-state index contributed by atoms with van der Waals surface area (Å²) in [5.74, 6) is -1.02. The average Bonchev–Trinajstić information content (AvgIpc) is 2.78. The fraction of sp³-hybridized carbons (Fsp3) is 0.471. The van der Waals surface area contributed by atoms with Crippen LogP contribution in [0.25, 0.3) is 0 Å². The number of ether oxygens (including phenoxy) is 1. The van der Waals surface area contributed by atoms with Crippen LogP contribution in [0, 0.1) is 5.41 Å². The van der Waals surface area contributed by atoms with Gasteiger partial charge in [0, 0.05) is 11.6 Å². The molecule has 5 nitrogen and oxygen atoms in total. The molecule has 2 N–H and O–H groups in total. The summed E-state index contributed by atoms with van der Waals surface area (Å²) in [5.41, 5.74) is 1.82. The van der Waals surface area contributed by atoms with Crippen molar-refractivity contribution in [1.29, 1.82) is 5.41 Å². The predicted molar refractivity (Wildman–Crippen MR) is 85.4 cm³/mol. The third-order valence-corrected chi connectivity index (χ3v) is 3.57. The zero-order chi connectivity index (χ0) is 16.5. The van der Waals surface area contributed by atoms with Gasteiger partial charge in [-0.05, 0) is 44.4 Å². The molecule has 1 heterocycles. The molecule has 0 saturated heterocycles. The van der Waals surface area contributed by atoms with Gasteiger partial charge in [-0.3, -0.25) is 10.2 Å². The van der Waals surface area contributed by atoms with Crippen LogP contribution >= 0.6 is 0 Å². The second kappa shape index (κ2) is 5.91. The summed E-state index contributed by atoms with van der Waals surface area (Å²) in [6, 6.07) is 5.56. The molecule has 1 aromatic rings. The van der Waals surface area contributed by atoms with Gasteiger partial charge in [0.2, 0.25) is 5.91 Å². The minimum atomic E-state index is -0.627. The first kappa shape index (κ1) is 16.2. The number of esters is 1. The zero-order valence-electron chi connectivity index (χ0n) is 13.4. The molecule has 1 aromatic carbocycles. The van der Waals surface area contributed by atoms with Crippen LogP contribution in [0.5, 0.6) is 0 Å². The molecule has 0 aromatic heterocycles. The van der Waals surface area contributed by atoms with E-state index in [0.29, 0.717) is 12.8 Å². The minimum Gasteiger partial charge on any atom is -0.455 e. The predicted octanol–water partition coefficient (Wildman–Crippen LogP) is 3.04. The van der Waals surface area contributed by atoms with Crippen LogP contribution in [0.15, 0.2) is 18.2 Å². The summed E-state index contributed by atoms with van der Waals surface area (Å²) in [6.07, 6.45) is 0.895. The second-order valence-corrected chi connectivity index (χ2v) is 6.47. The highest BCUT2D eigenvalue weighted by Crippen LogP contribution is 2.33. The van der Waals surface area contributed by atoms with E-state index in [2.05, 4.69) is 5.32 Å². The van der Waals surface area contributed by atoms with Crippen molar-refractivity contribution in [3.63, 3.8) is 0 Å². The van der Waals surface area contributed by atoms with Crippen molar-refractivity contribution in [2.75, 3.05) is 5.32 Å². The quantitative estimate of drug-likeness (QED) is 0.662. The SMILES string of the molecule is CC[C@@H](C(=N)C(=O)OC(C)(C)C)c1cccc2c1CC(=O)N2. The maximum atomic E-state index is 12.2. The van der Waals surface area contributed by atoms with Crippen LogP contribution in [0.3, 0.4) is 0 Å². The number of nitrogens with one attached hydrogen (secondary N) is 2. The monoisotopic (exact) mass is 302 g/mol. The standard InChI is InChI=1S/C17H22N2O3/c1-5-10(15(18)16(21)22-17(2,3)4)11-7-6-8-13-12(11)9-14(20)19-13/h6-8,10,18H,5,9H2,1-4H3,(H,19,20)/t10-/m1/s1. The summed E-state index contributed by atoms with van der Waals surface area (Å²) < 4.78 is 5.30. The molecule has 0 bridgehead atoms. The molecule has 0 radical (unpaired) electrons. The summed E-state index contributed by atoms with van der Waals surface area (Å²) in [5, 5.41) is 11.0. The highest BCUT2D eigenvalue weighted by molar-refractivity contribution is 6.37. The first-order valence-corrected chi connectivity index (χ1v) is 7.46. The van der Waals surface area contributed by atoms with E-state index < -0.39 is 11.6 Å². The molecule has 5 heteroatoms. The molecular weight excluding hydrogens is 280 g/mol. The Balaban J connectivity index is 2.30.